The standard InChI is InChI=1S/C11H18ClN3O2S/c1-2-9-3-5-15(6-4-9)18(16,17)11-10(7-12)8-13-14-11/h8-9H,2-7H2,1H3,(H,13,14). The summed E-state index contributed by atoms with van der Waals surface area (Å²) < 4.78 is 26.4. The molecule has 1 aliphatic heterocycles. The third kappa shape index (κ3) is 2.55. The van der Waals surface area contributed by atoms with Gasteiger partial charge in [-0.1, -0.05) is 13.3 Å². The molecule has 1 saturated heterocycles. The van der Waals surface area contributed by atoms with Crippen molar-refractivity contribution in [3.63, 3.8) is 0 Å². The lowest BCUT2D eigenvalue weighted by Gasteiger charge is -2.30. The molecule has 1 N–H and O–H groups in total. The van der Waals surface area contributed by atoms with Crippen molar-refractivity contribution in [2.24, 2.45) is 5.92 Å². The van der Waals surface area contributed by atoms with Crippen LogP contribution >= 0.6 is 11.6 Å². The maximum atomic E-state index is 12.4. The molecule has 102 valence electrons. The first-order valence-corrected chi connectivity index (χ1v) is 8.15. The summed E-state index contributed by atoms with van der Waals surface area (Å²) in [6.07, 6.45) is 4.45. The molecule has 1 aromatic rings. The minimum absolute atomic E-state index is 0.146. The fraction of sp³-hybridized carbons (Fsp3) is 0.727. The molecule has 0 amide bonds. The van der Waals surface area contributed by atoms with Gasteiger partial charge >= 0.3 is 0 Å². The Morgan fingerprint density at radius 1 is 1.50 bits per heavy atom. The predicted molar refractivity (Wildman–Crippen MR) is 69.9 cm³/mol. The molecule has 1 aromatic heterocycles. The zero-order chi connectivity index (χ0) is 13.2. The molecule has 0 bridgehead atoms. The van der Waals surface area contributed by atoms with Crippen LogP contribution < -0.4 is 0 Å². The SMILES string of the molecule is CCC1CCN(S(=O)(=O)c2[nH]ncc2CCl)CC1. The molecule has 1 fully saturated rings. The molecular formula is C11H18ClN3O2S. The summed E-state index contributed by atoms with van der Waals surface area (Å²) in [5, 5.41) is 6.47. The van der Waals surface area contributed by atoms with Crippen LogP contribution in [0.25, 0.3) is 0 Å². The van der Waals surface area contributed by atoms with E-state index in [4.69, 9.17) is 11.6 Å². The Morgan fingerprint density at radius 3 is 2.72 bits per heavy atom. The van der Waals surface area contributed by atoms with Crippen LogP contribution in [0.1, 0.15) is 31.7 Å². The van der Waals surface area contributed by atoms with E-state index in [1.807, 2.05) is 0 Å². The first kappa shape index (κ1) is 13.8. The highest BCUT2D eigenvalue weighted by molar-refractivity contribution is 7.89. The summed E-state index contributed by atoms with van der Waals surface area (Å²) in [5.74, 6) is 0.793. The molecule has 0 spiro atoms. The zero-order valence-electron chi connectivity index (χ0n) is 10.4. The van der Waals surface area contributed by atoms with Crippen LogP contribution in [0.4, 0.5) is 0 Å². The number of nitrogens with zero attached hydrogens (tertiary/aromatic N) is 2. The first-order valence-electron chi connectivity index (χ1n) is 6.18. The van der Waals surface area contributed by atoms with Crippen LogP contribution in [0.2, 0.25) is 0 Å². The van der Waals surface area contributed by atoms with Crippen LogP contribution in [0.3, 0.4) is 0 Å². The van der Waals surface area contributed by atoms with Crippen molar-refractivity contribution in [2.75, 3.05) is 13.1 Å². The summed E-state index contributed by atoms with van der Waals surface area (Å²) in [7, 11) is -3.46. The second-order valence-electron chi connectivity index (χ2n) is 4.61. The lowest BCUT2D eigenvalue weighted by molar-refractivity contribution is 0.268. The van der Waals surface area contributed by atoms with Crippen LogP contribution in [-0.4, -0.2) is 36.0 Å². The molecule has 2 rings (SSSR count). The molecule has 0 radical (unpaired) electrons. The smallest absolute Gasteiger partial charge is 0.260 e. The van der Waals surface area contributed by atoms with Crippen molar-refractivity contribution in [1.29, 1.82) is 0 Å². The minimum Gasteiger partial charge on any atom is -0.266 e. The Kier molecular flexibility index (Phi) is 4.29. The van der Waals surface area contributed by atoms with E-state index in [2.05, 4.69) is 17.1 Å². The highest BCUT2D eigenvalue weighted by Crippen LogP contribution is 2.26. The third-order valence-electron chi connectivity index (χ3n) is 3.57. The normalized spacial score (nSPS) is 19.2. The number of halogens is 1. The van der Waals surface area contributed by atoms with Gasteiger partial charge in [0.05, 0.1) is 12.1 Å². The van der Waals surface area contributed by atoms with Gasteiger partial charge in [-0.15, -0.1) is 11.6 Å². The van der Waals surface area contributed by atoms with E-state index in [-0.39, 0.29) is 10.9 Å². The van der Waals surface area contributed by atoms with E-state index in [0.717, 1.165) is 19.3 Å². The molecule has 18 heavy (non-hydrogen) atoms. The van der Waals surface area contributed by atoms with E-state index in [1.165, 1.54) is 10.5 Å². The molecule has 2 heterocycles. The first-order chi connectivity index (χ1) is 8.59. The lowest BCUT2D eigenvalue weighted by atomic mass is 9.96. The van der Waals surface area contributed by atoms with Gasteiger partial charge in [0.1, 0.15) is 0 Å². The van der Waals surface area contributed by atoms with Crippen LogP contribution in [0.5, 0.6) is 0 Å². The van der Waals surface area contributed by atoms with Crippen molar-refractivity contribution in [3.8, 4) is 0 Å². The average molecular weight is 292 g/mol. The quantitative estimate of drug-likeness (QED) is 0.863. The fourth-order valence-electron chi connectivity index (χ4n) is 2.30. The summed E-state index contributed by atoms with van der Waals surface area (Å²) in [4.78, 5) is 0. The van der Waals surface area contributed by atoms with Gasteiger partial charge in [0.15, 0.2) is 5.03 Å². The number of sulfonamides is 1. The van der Waals surface area contributed by atoms with Crippen LogP contribution in [0.15, 0.2) is 11.2 Å². The van der Waals surface area contributed by atoms with Gasteiger partial charge in [0, 0.05) is 18.7 Å². The fourth-order valence-corrected chi connectivity index (χ4v) is 4.16. The monoisotopic (exact) mass is 291 g/mol. The molecular weight excluding hydrogens is 274 g/mol. The number of hydrogen-bond donors (Lipinski definition) is 1. The van der Waals surface area contributed by atoms with E-state index < -0.39 is 10.0 Å². The Morgan fingerprint density at radius 2 is 2.17 bits per heavy atom. The zero-order valence-corrected chi connectivity index (χ0v) is 12.0. The average Bonchev–Trinajstić information content (AvgIpc) is 2.88. The minimum atomic E-state index is -3.46. The third-order valence-corrected chi connectivity index (χ3v) is 5.77. The number of aromatic nitrogens is 2. The van der Waals surface area contributed by atoms with E-state index >= 15 is 0 Å². The number of rotatable bonds is 4. The van der Waals surface area contributed by atoms with Crippen molar-refractivity contribution in [2.45, 2.75) is 37.1 Å². The molecule has 7 heteroatoms. The molecule has 0 aromatic carbocycles. The Balaban J connectivity index is 2.17. The Hall–Kier alpha value is -0.590. The Labute approximate surface area is 113 Å². The van der Waals surface area contributed by atoms with Gasteiger partial charge in [-0.05, 0) is 18.8 Å². The molecule has 0 unspecified atom stereocenters. The number of nitrogens with one attached hydrogen (secondary N) is 1. The van der Waals surface area contributed by atoms with E-state index in [1.54, 1.807) is 0 Å². The van der Waals surface area contributed by atoms with Crippen molar-refractivity contribution < 1.29 is 8.42 Å². The molecule has 0 aliphatic carbocycles. The van der Waals surface area contributed by atoms with Gasteiger partial charge < -0.3 is 0 Å². The van der Waals surface area contributed by atoms with Crippen LogP contribution in [-0.2, 0) is 15.9 Å². The van der Waals surface area contributed by atoms with Crippen molar-refractivity contribution in [1.82, 2.24) is 14.5 Å². The van der Waals surface area contributed by atoms with Gasteiger partial charge in [-0.25, -0.2) is 8.42 Å². The number of aromatic amines is 1. The largest absolute Gasteiger partial charge is 0.266 e. The maximum absolute atomic E-state index is 12.4. The number of hydrogen-bond acceptors (Lipinski definition) is 3. The predicted octanol–water partition coefficient (Wildman–Crippen LogP) is 1.96. The Bertz CT molecular complexity index is 492. The number of alkyl halides is 1. The van der Waals surface area contributed by atoms with E-state index in [9.17, 15) is 8.42 Å². The van der Waals surface area contributed by atoms with Gasteiger partial charge in [-0.2, -0.15) is 9.40 Å². The molecule has 0 atom stereocenters. The summed E-state index contributed by atoms with van der Waals surface area (Å²) in [5.41, 5.74) is 0.536. The summed E-state index contributed by atoms with van der Waals surface area (Å²) in [6.45, 7) is 3.32. The summed E-state index contributed by atoms with van der Waals surface area (Å²) in [6, 6.07) is 0. The lowest BCUT2D eigenvalue weighted by Crippen LogP contribution is -2.38. The van der Waals surface area contributed by atoms with Gasteiger partial charge in [0.25, 0.3) is 10.0 Å². The highest BCUT2D eigenvalue weighted by Gasteiger charge is 2.31. The topological polar surface area (TPSA) is 66.1 Å². The highest BCUT2D eigenvalue weighted by atomic mass is 35.5. The maximum Gasteiger partial charge on any atom is 0.260 e. The second-order valence-corrected chi connectivity index (χ2v) is 6.76. The molecule has 1 aliphatic rings. The van der Waals surface area contributed by atoms with Crippen molar-refractivity contribution in [3.05, 3.63) is 11.8 Å². The number of H-pyrrole nitrogens is 1. The van der Waals surface area contributed by atoms with Crippen molar-refractivity contribution >= 4 is 21.6 Å². The number of piperidine rings is 1. The van der Waals surface area contributed by atoms with Crippen LogP contribution in [0, 0.1) is 5.92 Å². The summed E-state index contributed by atoms with van der Waals surface area (Å²) >= 11 is 5.72. The van der Waals surface area contributed by atoms with Gasteiger partial charge in [0.2, 0.25) is 0 Å². The second kappa shape index (κ2) is 5.59. The molecule has 5 nitrogen and oxygen atoms in total. The van der Waals surface area contributed by atoms with E-state index in [0.29, 0.717) is 24.6 Å². The molecule has 0 saturated carbocycles. The van der Waals surface area contributed by atoms with Gasteiger partial charge in [-0.3, -0.25) is 5.10 Å².